The highest BCUT2D eigenvalue weighted by atomic mass is 79.9. The van der Waals surface area contributed by atoms with Crippen LogP contribution in [0, 0.1) is 0 Å². The molecule has 1 amide bonds. The van der Waals surface area contributed by atoms with Crippen molar-refractivity contribution in [1.82, 2.24) is 5.32 Å². The number of hydrogen-bond acceptors (Lipinski definition) is 3. The Bertz CT molecular complexity index is 314. The highest BCUT2D eigenvalue weighted by molar-refractivity contribution is 9.11. The van der Waals surface area contributed by atoms with Crippen LogP contribution in [0.1, 0.15) is 17.3 Å². The minimum Gasteiger partial charge on any atom is -0.349 e. The Morgan fingerprint density at radius 2 is 2.50 bits per heavy atom. The molecule has 0 aliphatic heterocycles. The van der Waals surface area contributed by atoms with Crippen LogP contribution in [0.4, 0.5) is 0 Å². The second kappa shape index (κ2) is 5.78. The third-order valence-electron chi connectivity index (χ3n) is 1.62. The molecule has 2 nitrogen and oxygen atoms in total. The van der Waals surface area contributed by atoms with Crippen LogP contribution in [-0.4, -0.2) is 24.0 Å². The summed E-state index contributed by atoms with van der Waals surface area (Å²) in [5.74, 6) is 0.949. The maximum absolute atomic E-state index is 11.6. The molecule has 1 aromatic rings. The Morgan fingerprint density at radius 3 is 3.00 bits per heavy atom. The number of hydrogen-bond donors (Lipinski definition) is 1. The highest BCUT2D eigenvalue weighted by Gasteiger charge is 2.10. The van der Waals surface area contributed by atoms with E-state index in [9.17, 15) is 4.79 Å². The molecule has 0 saturated heterocycles. The van der Waals surface area contributed by atoms with Crippen LogP contribution in [0.3, 0.4) is 0 Å². The lowest BCUT2D eigenvalue weighted by molar-refractivity contribution is 0.0944. The summed E-state index contributed by atoms with van der Waals surface area (Å²) in [6, 6.07) is 2.06. The van der Waals surface area contributed by atoms with E-state index in [-0.39, 0.29) is 11.9 Å². The van der Waals surface area contributed by atoms with Gasteiger partial charge in [-0.2, -0.15) is 11.8 Å². The zero-order valence-corrected chi connectivity index (χ0v) is 11.3. The van der Waals surface area contributed by atoms with Crippen LogP contribution in [0.2, 0.25) is 0 Å². The van der Waals surface area contributed by atoms with Gasteiger partial charge >= 0.3 is 0 Å². The standard InChI is InChI=1S/C9H12BrNOS2/c1-6(4-13-2)11-9(12)7-3-8(10)14-5-7/h3,5-6H,4H2,1-2H3,(H,11,12). The maximum atomic E-state index is 11.6. The molecule has 0 aromatic carbocycles. The largest absolute Gasteiger partial charge is 0.349 e. The summed E-state index contributed by atoms with van der Waals surface area (Å²) < 4.78 is 0.986. The van der Waals surface area contributed by atoms with Crippen LogP contribution in [0.5, 0.6) is 0 Å². The van der Waals surface area contributed by atoms with Crippen molar-refractivity contribution in [2.24, 2.45) is 0 Å². The summed E-state index contributed by atoms with van der Waals surface area (Å²) >= 11 is 6.59. The van der Waals surface area contributed by atoms with E-state index in [0.717, 1.165) is 15.1 Å². The van der Waals surface area contributed by atoms with Crippen molar-refractivity contribution < 1.29 is 4.79 Å². The molecule has 0 spiro atoms. The van der Waals surface area contributed by atoms with Gasteiger partial charge in [0.1, 0.15) is 0 Å². The first-order valence-corrected chi connectivity index (χ1v) is 7.24. The normalized spacial score (nSPS) is 12.5. The van der Waals surface area contributed by atoms with Gasteiger partial charge in [-0.25, -0.2) is 0 Å². The van der Waals surface area contributed by atoms with Gasteiger partial charge in [-0.1, -0.05) is 0 Å². The Morgan fingerprint density at radius 1 is 1.79 bits per heavy atom. The van der Waals surface area contributed by atoms with E-state index in [1.807, 2.05) is 24.6 Å². The SMILES string of the molecule is CSCC(C)NC(=O)c1csc(Br)c1. The lowest BCUT2D eigenvalue weighted by atomic mass is 10.3. The van der Waals surface area contributed by atoms with E-state index in [1.165, 1.54) is 11.3 Å². The van der Waals surface area contributed by atoms with E-state index < -0.39 is 0 Å². The zero-order valence-electron chi connectivity index (χ0n) is 8.04. The predicted molar refractivity (Wildman–Crippen MR) is 67.3 cm³/mol. The molecule has 0 aliphatic carbocycles. The molecule has 1 rings (SSSR count). The lowest BCUT2D eigenvalue weighted by Gasteiger charge is -2.11. The minimum atomic E-state index is 0.00787. The number of rotatable bonds is 4. The third-order valence-corrected chi connectivity index (χ3v) is 3.96. The first-order chi connectivity index (χ1) is 6.63. The van der Waals surface area contributed by atoms with Crippen LogP contribution in [0.25, 0.3) is 0 Å². The van der Waals surface area contributed by atoms with Gasteiger partial charge in [0.05, 0.1) is 9.35 Å². The quantitative estimate of drug-likeness (QED) is 0.925. The minimum absolute atomic E-state index is 0.00787. The molecule has 0 radical (unpaired) electrons. The van der Waals surface area contributed by atoms with E-state index in [1.54, 1.807) is 11.8 Å². The molecule has 0 saturated carbocycles. The summed E-state index contributed by atoms with van der Waals surface area (Å²) in [5, 5.41) is 4.79. The van der Waals surface area contributed by atoms with Crippen molar-refractivity contribution >= 4 is 44.9 Å². The third kappa shape index (κ3) is 3.63. The van der Waals surface area contributed by atoms with E-state index in [0.29, 0.717) is 0 Å². The summed E-state index contributed by atoms with van der Waals surface area (Å²) in [6.07, 6.45) is 2.03. The molecule has 1 atom stereocenters. The summed E-state index contributed by atoms with van der Waals surface area (Å²) in [4.78, 5) is 11.6. The van der Waals surface area contributed by atoms with Crippen molar-refractivity contribution in [3.8, 4) is 0 Å². The second-order valence-electron chi connectivity index (χ2n) is 2.97. The average Bonchev–Trinajstić information content (AvgIpc) is 2.52. The maximum Gasteiger partial charge on any atom is 0.252 e. The molecule has 78 valence electrons. The van der Waals surface area contributed by atoms with Gasteiger partial charge in [0.15, 0.2) is 0 Å². The first kappa shape index (κ1) is 12.1. The number of thioether (sulfide) groups is 1. The molecule has 1 aromatic heterocycles. The van der Waals surface area contributed by atoms with Crippen LogP contribution in [-0.2, 0) is 0 Å². The van der Waals surface area contributed by atoms with Gasteiger partial charge in [0.25, 0.3) is 5.91 Å². The molecular formula is C9H12BrNOS2. The number of carbonyl (C=O) groups is 1. The Hall–Kier alpha value is -0.000000000000000111. The van der Waals surface area contributed by atoms with Crippen molar-refractivity contribution in [1.29, 1.82) is 0 Å². The van der Waals surface area contributed by atoms with Crippen LogP contribution in [0.15, 0.2) is 15.2 Å². The number of thiophene rings is 1. The first-order valence-electron chi connectivity index (χ1n) is 4.17. The van der Waals surface area contributed by atoms with Gasteiger partial charge < -0.3 is 5.32 Å². The molecule has 0 bridgehead atoms. The van der Waals surface area contributed by atoms with Gasteiger partial charge in [-0.05, 0) is 35.2 Å². The Balaban J connectivity index is 2.50. The molecule has 14 heavy (non-hydrogen) atoms. The zero-order chi connectivity index (χ0) is 10.6. The molecule has 5 heteroatoms. The monoisotopic (exact) mass is 293 g/mol. The predicted octanol–water partition coefficient (Wildman–Crippen LogP) is 2.99. The van der Waals surface area contributed by atoms with Crippen molar-refractivity contribution in [3.05, 3.63) is 20.8 Å². The smallest absolute Gasteiger partial charge is 0.252 e. The van der Waals surface area contributed by atoms with Gasteiger partial charge in [-0.15, -0.1) is 11.3 Å². The van der Waals surface area contributed by atoms with E-state index in [2.05, 4.69) is 21.2 Å². The molecule has 0 fully saturated rings. The summed E-state index contributed by atoms with van der Waals surface area (Å²) in [7, 11) is 0. The van der Waals surface area contributed by atoms with Crippen molar-refractivity contribution in [2.75, 3.05) is 12.0 Å². The van der Waals surface area contributed by atoms with E-state index >= 15 is 0 Å². The molecule has 1 heterocycles. The number of halogens is 1. The number of carbonyl (C=O) groups excluding carboxylic acids is 1. The van der Waals surface area contributed by atoms with Crippen LogP contribution < -0.4 is 5.32 Å². The highest BCUT2D eigenvalue weighted by Crippen LogP contribution is 2.20. The van der Waals surface area contributed by atoms with Gasteiger partial charge in [0, 0.05) is 17.2 Å². The molecule has 0 aliphatic rings. The van der Waals surface area contributed by atoms with Gasteiger partial charge in [0.2, 0.25) is 0 Å². The fourth-order valence-corrected chi connectivity index (χ4v) is 2.75. The number of amides is 1. The number of nitrogens with one attached hydrogen (secondary N) is 1. The lowest BCUT2D eigenvalue weighted by Crippen LogP contribution is -2.33. The molecule has 1 unspecified atom stereocenters. The van der Waals surface area contributed by atoms with E-state index in [4.69, 9.17) is 0 Å². The summed E-state index contributed by atoms with van der Waals surface area (Å²) in [6.45, 7) is 2.01. The van der Waals surface area contributed by atoms with Gasteiger partial charge in [-0.3, -0.25) is 4.79 Å². The molecular weight excluding hydrogens is 282 g/mol. The average molecular weight is 294 g/mol. The topological polar surface area (TPSA) is 29.1 Å². The fourth-order valence-electron chi connectivity index (χ4n) is 1.03. The van der Waals surface area contributed by atoms with Crippen molar-refractivity contribution in [2.45, 2.75) is 13.0 Å². The van der Waals surface area contributed by atoms with Crippen molar-refractivity contribution in [3.63, 3.8) is 0 Å². The second-order valence-corrected chi connectivity index (χ2v) is 6.17. The summed E-state index contributed by atoms with van der Waals surface area (Å²) in [5.41, 5.74) is 0.731. The fraction of sp³-hybridized carbons (Fsp3) is 0.444. The Labute approximate surface area is 101 Å². The Kier molecular flexibility index (Phi) is 4.98. The van der Waals surface area contributed by atoms with Crippen LogP contribution >= 0.6 is 39.0 Å². The molecule has 1 N–H and O–H groups in total.